The van der Waals surface area contributed by atoms with Gasteiger partial charge in [-0.15, -0.1) is 5.10 Å². The highest BCUT2D eigenvalue weighted by Crippen LogP contribution is 2.29. The van der Waals surface area contributed by atoms with Crippen molar-refractivity contribution in [1.82, 2.24) is 30.4 Å². The van der Waals surface area contributed by atoms with E-state index in [0.717, 1.165) is 25.2 Å². The van der Waals surface area contributed by atoms with Crippen LogP contribution in [-0.2, 0) is 35.2 Å². The fourth-order valence-corrected chi connectivity index (χ4v) is 3.01. The van der Waals surface area contributed by atoms with E-state index in [-0.39, 0.29) is 18.9 Å². The second kappa shape index (κ2) is 9.79. The number of tetrazole rings is 1. The molecule has 0 saturated carbocycles. The Labute approximate surface area is 166 Å². The van der Waals surface area contributed by atoms with Gasteiger partial charge in [-0.05, 0) is 28.5 Å². The predicted octanol–water partition coefficient (Wildman–Crippen LogP) is 1.27. The Morgan fingerprint density at radius 1 is 1.24 bits per heavy atom. The van der Waals surface area contributed by atoms with Crippen LogP contribution in [0.5, 0.6) is 0 Å². The lowest BCUT2D eigenvalue weighted by Gasteiger charge is -2.25. The van der Waals surface area contributed by atoms with E-state index < -0.39 is 11.7 Å². The lowest BCUT2D eigenvalue weighted by Crippen LogP contribution is -2.36. The van der Waals surface area contributed by atoms with Gasteiger partial charge < -0.3 is 10.1 Å². The summed E-state index contributed by atoms with van der Waals surface area (Å²) in [5.74, 6) is 0.480. The zero-order chi connectivity index (χ0) is 20.7. The fourth-order valence-electron chi connectivity index (χ4n) is 3.01. The lowest BCUT2D eigenvalue weighted by molar-refractivity contribution is -0.137. The lowest BCUT2D eigenvalue weighted by atomic mass is 10.1. The van der Waals surface area contributed by atoms with Crippen LogP contribution >= 0.6 is 0 Å². The Bertz CT molecular complexity index is 805. The summed E-state index contributed by atoms with van der Waals surface area (Å²) in [4.78, 5) is 14.2. The number of aryl methyl sites for hydroxylation is 1. The Kier molecular flexibility index (Phi) is 7.15. The molecule has 0 unspecified atom stereocenters. The van der Waals surface area contributed by atoms with Crippen LogP contribution < -0.4 is 5.32 Å². The number of nitrogens with one attached hydrogen (secondary N) is 1. The average Bonchev–Trinajstić information content (AvgIpc) is 3.14. The summed E-state index contributed by atoms with van der Waals surface area (Å²) in [6, 6.07) is 5.11. The number of hydrogen-bond acceptors (Lipinski definition) is 6. The van der Waals surface area contributed by atoms with E-state index >= 15 is 0 Å². The molecule has 0 radical (unpaired) electrons. The molecule has 3 rings (SSSR count). The van der Waals surface area contributed by atoms with Gasteiger partial charge in [0.2, 0.25) is 5.91 Å². The molecule has 0 spiro atoms. The molecular weight excluding hydrogens is 389 g/mol. The molecule has 0 bridgehead atoms. The van der Waals surface area contributed by atoms with E-state index in [4.69, 9.17) is 4.74 Å². The van der Waals surface area contributed by atoms with Gasteiger partial charge in [-0.1, -0.05) is 18.2 Å². The number of aromatic nitrogens is 4. The first-order valence-corrected chi connectivity index (χ1v) is 9.40. The third kappa shape index (κ3) is 6.50. The van der Waals surface area contributed by atoms with Crippen LogP contribution in [0.2, 0.25) is 0 Å². The summed E-state index contributed by atoms with van der Waals surface area (Å²) < 4.78 is 45.1. The van der Waals surface area contributed by atoms with Gasteiger partial charge in [0.1, 0.15) is 0 Å². The van der Waals surface area contributed by atoms with Gasteiger partial charge in [0.05, 0.1) is 31.9 Å². The van der Waals surface area contributed by atoms with Crippen LogP contribution in [0.25, 0.3) is 0 Å². The Balaban J connectivity index is 1.41. The smallest absolute Gasteiger partial charge is 0.379 e. The monoisotopic (exact) mass is 412 g/mol. The van der Waals surface area contributed by atoms with Crippen LogP contribution in [0.3, 0.4) is 0 Å². The van der Waals surface area contributed by atoms with Crippen molar-refractivity contribution in [2.45, 2.75) is 32.1 Å². The number of carbonyl (C=O) groups is 1. The number of carbonyl (C=O) groups excluding carboxylic acids is 1. The maximum atomic E-state index is 12.7. The molecular formula is C18H23F3N6O2. The molecule has 1 aromatic heterocycles. The highest BCUT2D eigenvalue weighted by molar-refractivity contribution is 5.75. The number of amides is 1. The number of alkyl halides is 3. The molecule has 158 valence electrons. The van der Waals surface area contributed by atoms with Crippen LogP contribution in [0.4, 0.5) is 13.2 Å². The summed E-state index contributed by atoms with van der Waals surface area (Å²) >= 11 is 0. The van der Waals surface area contributed by atoms with Crippen molar-refractivity contribution in [3.05, 3.63) is 41.2 Å². The van der Waals surface area contributed by atoms with Crippen molar-refractivity contribution in [2.75, 3.05) is 32.8 Å². The van der Waals surface area contributed by atoms with Crippen molar-refractivity contribution >= 4 is 5.91 Å². The number of ether oxygens (including phenoxy) is 1. The normalized spacial score (nSPS) is 15.4. The zero-order valence-corrected chi connectivity index (χ0v) is 15.9. The Morgan fingerprint density at radius 3 is 2.79 bits per heavy atom. The van der Waals surface area contributed by atoms with Crippen LogP contribution in [0.15, 0.2) is 24.3 Å². The van der Waals surface area contributed by atoms with E-state index in [1.54, 1.807) is 10.7 Å². The fraction of sp³-hybridized carbons (Fsp3) is 0.556. The number of halogens is 3. The molecule has 29 heavy (non-hydrogen) atoms. The molecule has 1 aliphatic rings. The molecule has 1 saturated heterocycles. The molecule has 8 nitrogen and oxygen atoms in total. The third-order valence-electron chi connectivity index (χ3n) is 4.62. The molecule has 1 aromatic carbocycles. The van der Waals surface area contributed by atoms with Crippen molar-refractivity contribution in [2.24, 2.45) is 0 Å². The van der Waals surface area contributed by atoms with Crippen LogP contribution in [0, 0.1) is 0 Å². The maximum Gasteiger partial charge on any atom is 0.416 e. The highest BCUT2D eigenvalue weighted by Gasteiger charge is 2.30. The molecule has 11 heteroatoms. The number of hydrogen-bond donors (Lipinski definition) is 1. The molecule has 0 aliphatic carbocycles. The van der Waals surface area contributed by atoms with E-state index in [9.17, 15) is 18.0 Å². The quantitative estimate of drug-likeness (QED) is 0.703. The van der Waals surface area contributed by atoms with E-state index in [2.05, 4.69) is 25.7 Å². The molecule has 1 N–H and O–H groups in total. The van der Waals surface area contributed by atoms with E-state index in [1.807, 2.05) is 0 Å². The standard InChI is InChI=1S/C18H23F3N6O2/c19-18(20,21)15-3-1-2-14(12-15)4-6-22-17(28)5-7-27-16(23-24-25-27)13-26-8-10-29-11-9-26/h1-3,12H,4-11,13H2,(H,22,28). The van der Waals surface area contributed by atoms with Gasteiger partial charge in [-0.2, -0.15) is 13.2 Å². The first-order chi connectivity index (χ1) is 13.9. The molecule has 1 aliphatic heterocycles. The summed E-state index contributed by atoms with van der Waals surface area (Å²) in [7, 11) is 0. The largest absolute Gasteiger partial charge is 0.416 e. The molecule has 2 aromatic rings. The molecule has 2 heterocycles. The van der Waals surface area contributed by atoms with Gasteiger partial charge in [0.15, 0.2) is 5.82 Å². The summed E-state index contributed by atoms with van der Waals surface area (Å²) in [6.07, 6.45) is -3.86. The third-order valence-corrected chi connectivity index (χ3v) is 4.62. The minimum atomic E-state index is -4.37. The van der Waals surface area contributed by atoms with E-state index in [0.29, 0.717) is 44.1 Å². The number of morpholine rings is 1. The van der Waals surface area contributed by atoms with Gasteiger partial charge in [0.25, 0.3) is 0 Å². The Hall–Kier alpha value is -2.53. The summed E-state index contributed by atoms with van der Waals surface area (Å²) in [5.41, 5.74) is -0.166. The Morgan fingerprint density at radius 2 is 2.03 bits per heavy atom. The number of rotatable bonds is 8. The SMILES string of the molecule is O=C(CCn1nnnc1CN1CCOCC1)NCCc1cccc(C(F)(F)F)c1. The summed E-state index contributed by atoms with van der Waals surface area (Å²) in [5, 5.41) is 14.3. The molecule has 0 atom stereocenters. The minimum absolute atomic E-state index is 0.184. The topological polar surface area (TPSA) is 85.2 Å². The second-order valence-electron chi connectivity index (χ2n) is 6.75. The second-order valence-corrected chi connectivity index (χ2v) is 6.75. The van der Waals surface area contributed by atoms with Crippen molar-refractivity contribution in [3.63, 3.8) is 0 Å². The predicted molar refractivity (Wildman–Crippen MR) is 96.7 cm³/mol. The number of nitrogens with zero attached hydrogens (tertiary/aromatic N) is 5. The molecule has 1 fully saturated rings. The minimum Gasteiger partial charge on any atom is -0.379 e. The highest BCUT2D eigenvalue weighted by atomic mass is 19.4. The van der Waals surface area contributed by atoms with Crippen molar-refractivity contribution < 1.29 is 22.7 Å². The van der Waals surface area contributed by atoms with Crippen LogP contribution in [0.1, 0.15) is 23.4 Å². The van der Waals surface area contributed by atoms with E-state index in [1.165, 1.54) is 6.07 Å². The van der Waals surface area contributed by atoms with Crippen molar-refractivity contribution in [1.29, 1.82) is 0 Å². The molecule has 1 amide bonds. The maximum absolute atomic E-state index is 12.7. The number of benzene rings is 1. The van der Waals surface area contributed by atoms with Gasteiger partial charge >= 0.3 is 6.18 Å². The van der Waals surface area contributed by atoms with Gasteiger partial charge in [0, 0.05) is 26.1 Å². The summed E-state index contributed by atoms with van der Waals surface area (Å²) in [6.45, 7) is 4.16. The zero-order valence-electron chi connectivity index (χ0n) is 15.9. The van der Waals surface area contributed by atoms with Gasteiger partial charge in [-0.25, -0.2) is 4.68 Å². The van der Waals surface area contributed by atoms with Crippen LogP contribution in [-0.4, -0.2) is 63.9 Å². The van der Waals surface area contributed by atoms with Crippen molar-refractivity contribution in [3.8, 4) is 0 Å². The first kappa shape index (κ1) is 21.2. The first-order valence-electron chi connectivity index (χ1n) is 9.40. The van der Waals surface area contributed by atoms with Gasteiger partial charge in [-0.3, -0.25) is 9.69 Å². The average molecular weight is 412 g/mol.